The molecule has 0 N–H and O–H groups in total. The van der Waals surface area contributed by atoms with Gasteiger partial charge in [-0.15, -0.1) is 5.10 Å². The van der Waals surface area contributed by atoms with Crippen LogP contribution in [0.1, 0.15) is 17.7 Å². The van der Waals surface area contributed by atoms with Gasteiger partial charge < -0.3 is 9.64 Å². The minimum Gasteiger partial charge on any atom is -0.381 e. The number of ether oxygens (including phenoxy) is 1. The van der Waals surface area contributed by atoms with Crippen LogP contribution >= 0.6 is 0 Å². The molecule has 1 aromatic carbocycles. The molecule has 1 unspecified atom stereocenters. The highest BCUT2D eigenvalue weighted by atomic mass is 16.5. The summed E-state index contributed by atoms with van der Waals surface area (Å²) in [6, 6.07) is 8.06. The monoisotopic (exact) mass is 341 g/mol. The highest BCUT2D eigenvalue weighted by Gasteiger charge is 2.24. The number of hydrogen-bond donors (Lipinski definition) is 0. The molecule has 1 atom stereocenters. The van der Waals surface area contributed by atoms with Crippen molar-refractivity contribution in [3.63, 3.8) is 0 Å². The molecule has 0 bridgehead atoms. The van der Waals surface area contributed by atoms with E-state index < -0.39 is 0 Å². The topological polar surface area (TPSA) is 63.5 Å². The van der Waals surface area contributed by atoms with E-state index in [2.05, 4.69) is 21.3 Å². The lowest BCUT2D eigenvalue weighted by Crippen LogP contribution is -2.34. The number of carbonyl (C=O) groups is 1. The van der Waals surface area contributed by atoms with Gasteiger partial charge in [0.25, 0.3) is 0 Å². The predicted molar refractivity (Wildman–Crippen MR) is 92.9 cm³/mol. The van der Waals surface area contributed by atoms with Crippen molar-refractivity contribution in [3.8, 4) is 0 Å². The highest BCUT2D eigenvalue weighted by Crippen LogP contribution is 2.25. The number of benzene rings is 1. The standard InChI is InChI=1S/C18H23N5O2/c1-21-17-5-3-2-4-15(17)9-22(12-18(21)24)10-16-11-23(20-19-16)8-14-6-7-25-13-14/h2-5,11,14H,6-10,12-13H2,1H3. The number of nitrogens with zero attached hydrogens (tertiary/aromatic N) is 5. The van der Waals surface area contributed by atoms with Gasteiger partial charge in [0.05, 0.1) is 18.8 Å². The number of carbonyl (C=O) groups excluding carboxylic acids is 1. The molecule has 1 amide bonds. The Hall–Kier alpha value is -2.25. The Kier molecular flexibility index (Phi) is 4.50. The normalized spacial score (nSPS) is 21.4. The summed E-state index contributed by atoms with van der Waals surface area (Å²) in [5.41, 5.74) is 3.04. The number of aromatic nitrogens is 3. The first-order chi connectivity index (χ1) is 12.2. The average molecular weight is 341 g/mol. The molecule has 7 nitrogen and oxygen atoms in total. The van der Waals surface area contributed by atoms with Crippen LogP contribution in [0.5, 0.6) is 0 Å². The first kappa shape index (κ1) is 16.2. The van der Waals surface area contributed by atoms with Crippen LogP contribution in [0.25, 0.3) is 0 Å². The molecule has 0 radical (unpaired) electrons. The van der Waals surface area contributed by atoms with Crippen LogP contribution in [0.2, 0.25) is 0 Å². The second-order valence-corrected chi connectivity index (χ2v) is 6.89. The molecule has 2 aliphatic rings. The van der Waals surface area contributed by atoms with Gasteiger partial charge in [-0.2, -0.15) is 0 Å². The number of likely N-dealkylation sites (N-methyl/N-ethyl adjacent to an activating group) is 1. The molecule has 3 heterocycles. The van der Waals surface area contributed by atoms with E-state index in [1.165, 1.54) is 0 Å². The lowest BCUT2D eigenvalue weighted by atomic mass is 10.1. The summed E-state index contributed by atoms with van der Waals surface area (Å²) in [6.07, 6.45) is 3.07. The van der Waals surface area contributed by atoms with E-state index in [1.807, 2.05) is 36.1 Å². The first-order valence-corrected chi connectivity index (χ1v) is 8.72. The molecule has 4 rings (SSSR count). The molecule has 0 spiro atoms. The minimum absolute atomic E-state index is 0.0976. The molecule has 0 saturated carbocycles. The minimum atomic E-state index is 0.0976. The Balaban J connectivity index is 1.45. The zero-order chi connectivity index (χ0) is 17.2. The molecule has 7 heteroatoms. The van der Waals surface area contributed by atoms with Gasteiger partial charge in [0.2, 0.25) is 5.91 Å². The van der Waals surface area contributed by atoms with Crippen molar-refractivity contribution in [1.29, 1.82) is 0 Å². The fraction of sp³-hybridized carbons (Fsp3) is 0.500. The summed E-state index contributed by atoms with van der Waals surface area (Å²) in [5.74, 6) is 0.621. The number of hydrogen-bond acceptors (Lipinski definition) is 5. The van der Waals surface area contributed by atoms with Gasteiger partial charge in [-0.05, 0) is 18.1 Å². The largest absolute Gasteiger partial charge is 0.381 e. The predicted octanol–water partition coefficient (Wildman–Crippen LogP) is 1.29. The Bertz CT molecular complexity index is 753. The SMILES string of the molecule is CN1C(=O)CN(Cc2cn(CC3CCOC3)nn2)Cc2ccccc21. The van der Waals surface area contributed by atoms with Crippen LogP contribution in [0.3, 0.4) is 0 Å². The number of fused-ring (bicyclic) bond motifs is 1. The van der Waals surface area contributed by atoms with Gasteiger partial charge in [0.1, 0.15) is 0 Å². The molecule has 132 valence electrons. The van der Waals surface area contributed by atoms with Crippen molar-refractivity contribution in [3.05, 3.63) is 41.7 Å². The van der Waals surface area contributed by atoms with Crippen LogP contribution in [0.4, 0.5) is 5.69 Å². The van der Waals surface area contributed by atoms with Crippen LogP contribution in [-0.4, -0.2) is 52.6 Å². The summed E-state index contributed by atoms with van der Waals surface area (Å²) in [4.78, 5) is 16.3. The van der Waals surface area contributed by atoms with E-state index in [9.17, 15) is 4.79 Å². The molecule has 2 aromatic rings. The van der Waals surface area contributed by atoms with Gasteiger partial charge >= 0.3 is 0 Å². The van der Waals surface area contributed by atoms with Gasteiger partial charge in [-0.25, -0.2) is 0 Å². The van der Waals surface area contributed by atoms with Crippen LogP contribution in [0, 0.1) is 5.92 Å². The summed E-state index contributed by atoms with van der Waals surface area (Å²) < 4.78 is 7.31. The third-order valence-corrected chi connectivity index (χ3v) is 4.92. The second-order valence-electron chi connectivity index (χ2n) is 6.89. The molecule has 25 heavy (non-hydrogen) atoms. The number of rotatable bonds is 4. The highest BCUT2D eigenvalue weighted by molar-refractivity contribution is 5.95. The maximum atomic E-state index is 12.4. The Morgan fingerprint density at radius 2 is 2.16 bits per heavy atom. The van der Waals surface area contributed by atoms with Crippen molar-refractivity contribution >= 4 is 11.6 Å². The average Bonchev–Trinajstić information content (AvgIpc) is 3.25. The van der Waals surface area contributed by atoms with Crippen molar-refractivity contribution in [2.45, 2.75) is 26.1 Å². The summed E-state index contributed by atoms with van der Waals surface area (Å²) in [6.45, 7) is 4.23. The summed E-state index contributed by atoms with van der Waals surface area (Å²) in [7, 11) is 1.84. The van der Waals surface area contributed by atoms with E-state index >= 15 is 0 Å². The van der Waals surface area contributed by atoms with Crippen molar-refractivity contribution in [2.24, 2.45) is 5.92 Å². The van der Waals surface area contributed by atoms with E-state index in [0.717, 1.165) is 49.7 Å². The lowest BCUT2D eigenvalue weighted by molar-refractivity contribution is -0.119. The molecule has 2 aliphatic heterocycles. The summed E-state index contributed by atoms with van der Waals surface area (Å²) in [5, 5.41) is 8.52. The van der Waals surface area contributed by atoms with Crippen molar-refractivity contribution < 1.29 is 9.53 Å². The summed E-state index contributed by atoms with van der Waals surface area (Å²) >= 11 is 0. The molecule has 1 saturated heterocycles. The molecule has 0 aliphatic carbocycles. The fourth-order valence-corrected chi connectivity index (χ4v) is 3.53. The molecular formula is C18H23N5O2. The Morgan fingerprint density at radius 1 is 1.28 bits per heavy atom. The van der Waals surface area contributed by atoms with Gasteiger partial charge in [0.15, 0.2) is 0 Å². The number of amides is 1. The van der Waals surface area contributed by atoms with E-state index in [4.69, 9.17) is 4.74 Å². The van der Waals surface area contributed by atoms with E-state index in [0.29, 0.717) is 19.0 Å². The van der Waals surface area contributed by atoms with Gasteiger partial charge in [-0.1, -0.05) is 23.4 Å². The Morgan fingerprint density at radius 3 is 3.00 bits per heavy atom. The third kappa shape index (κ3) is 3.57. The quantitative estimate of drug-likeness (QED) is 0.839. The van der Waals surface area contributed by atoms with Crippen molar-refractivity contribution in [2.75, 3.05) is 31.7 Å². The van der Waals surface area contributed by atoms with E-state index in [1.54, 1.807) is 4.90 Å². The smallest absolute Gasteiger partial charge is 0.240 e. The van der Waals surface area contributed by atoms with Gasteiger partial charge in [0, 0.05) is 51.1 Å². The lowest BCUT2D eigenvalue weighted by Gasteiger charge is -2.18. The number of para-hydroxylation sites is 1. The van der Waals surface area contributed by atoms with Crippen LogP contribution in [-0.2, 0) is 29.2 Å². The van der Waals surface area contributed by atoms with Crippen LogP contribution < -0.4 is 4.90 Å². The third-order valence-electron chi connectivity index (χ3n) is 4.92. The second kappa shape index (κ2) is 6.93. The molecule has 1 fully saturated rings. The number of anilines is 1. The zero-order valence-corrected chi connectivity index (χ0v) is 14.5. The van der Waals surface area contributed by atoms with Crippen molar-refractivity contribution in [1.82, 2.24) is 19.9 Å². The van der Waals surface area contributed by atoms with Crippen LogP contribution in [0.15, 0.2) is 30.5 Å². The Labute approximate surface area is 147 Å². The molecular weight excluding hydrogens is 318 g/mol. The van der Waals surface area contributed by atoms with E-state index in [-0.39, 0.29) is 5.91 Å². The molecule has 1 aromatic heterocycles. The maximum Gasteiger partial charge on any atom is 0.240 e. The fourth-order valence-electron chi connectivity index (χ4n) is 3.53. The maximum absolute atomic E-state index is 12.4. The zero-order valence-electron chi connectivity index (χ0n) is 14.5. The van der Waals surface area contributed by atoms with Gasteiger partial charge in [-0.3, -0.25) is 14.4 Å². The first-order valence-electron chi connectivity index (χ1n) is 8.72.